The largest absolute Gasteiger partial charge is 0.303 e. The average Bonchev–Trinajstić information content (AvgIpc) is 2.82. The zero-order valence-electron chi connectivity index (χ0n) is 11.3. The van der Waals surface area contributed by atoms with Gasteiger partial charge in [0, 0.05) is 0 Å². The predicted octanol–water partition coefficient (Wildman–Crippen LogP) is 3.59. The maximum atomic E-state index is 2.61. The molecule has 17 heavy (non-hydrogen) atoms. The molecule has 94 valence electrons. The van der Waals surface area contributed by atoms with Crippen molar-refractivity contribution in [1.82, 2.24) is 4.90 Å². The number of rotatable bonds is 5. The molecule has 0 radical (unpaired) electrons. The first kappa shape index (κ1) is 12.6. The zero-order valence-corrected chi connectivity index (χ0v) is 11.3. The van der Waals surface area contributed by atoms with Crippen LogP contribution < -0.4 is 0 Å². The minimum atomic E-state index is 1.17. The van der Waals surface area contributed by atoms with Gasteiger partial charge in [0.2, 0.25) is 0 Å². The van der Waals surface area contributed by atoms with E-state index < -0.39 is 0 Å². The first-order valence-corrected chi connectivity index (χ1v) is 7.10. The molecule has 0 atom stereocenters. The number of nitrogens with zero attached hydrogens (tertiary/aromatic N) is 1. The Labute approximate surface area is 106 Å². The maximum Gasteiger partial charge on any atom is -0.00156 e. The van der Waals surface area contributed by atoms with Crippen LogP contribution in [-0.2, 0) is 12.8 Å². The van der Waals surface area contributed by atoms with Crippen molar-refractivity contribution in [3.8, 4) is 0 Å². The summed E-state index contributed by atoms with van der Waals surface area (Å²) in [5, 5.41) is 0. The summed E-state index contributed by atoms with van der Waals surface area (Å²) < 4.78 is 0. The van der Waals surface area contributed by atoms with Crippen LogP contribution in [0.4, 0.5) is 0 Å². The molecule has 0 N–H and O–H groups in total. The molecule has 0 amide bonds. The molecule has 1 nitrogen and oxygen atoms in total. The number of likely N-dealkylation sites (tertiary alicyclic amines) is 1. The molecule has 0 saturated carbocycles. The van der Waals surface area contributed by atoms with E-state index in [1.54, 1.807) is 5.56 Å². The summed E-state index contributed by atoms with van der Waals surface area (Å²) in [6.07, 6.45) is 6.55. The van der Waals surface area contributed by atoms with Crippen molar-refractivity contribution < 1.29 is 0 Å². The van der Waals surface area contributed by atoms with E-state index in [1.165, 1.54) is 62.9 Å². The lowest BCUT2D eigenvalue weighted by Gasteiger charge is -2.15. The third kappa shape index (κ3) is 3.57. The lowest BCUT2D eigenvalue weighted by atomic mass is 9.98. The van der Waals surface area contributed by atoms with Crippen LogP contribution in [0.1, 0.15) is 42.9 Å². The van der Waals surface area contributed by atoms with Crippen molar-refractivity contribution in [2.24, 2.45) is 0 Å². The molecule has 1 fully saturated rings. The van der Waals surface area contributed by atoms with E-state index in [2.05, 4.69) is 36.9 Å². The Kier molecular flexibility index (Phi) is 4.61. The Bertz CT molecular complexity index is 351. The molecule has 2 rings (SSSR count). The first-order valence-electron chi connectivity index (χ1n) is 7.10. The van der Waals surface area contributed by atoms with E-state index in [1.807, 2.05) is 0 Å². The highest BCUT2D eigenvalue weighted by molar-refractivity contribution is 5.31. The zero-order chi connectivity index (χ0) is 12.1. The second kappa shape index (κ2) is 6.20. The lowest BCUT2D eigenvalue weighted by molar-refractivity contribution is 0.334. The van der Waals surface area contributed by atoms with Crippen LogP contribution >= 0.6 is 0 Å². The summed E-state index contributed by atoms with van der Waals surface area (Å²) >= 11 is 0. The number of hydrogen-bond donors (Lipinski definition) is 0. The molecule has 1 saturated heterocycles. The molecular formula is C16H25N. The second-order valence-electron chi connectivity index (χ2n) is 5.28. The molecule has 1 aliphatic rings. The fourth-order valence-electron chi connectivity index (χ4n) is 2.83. The van der Waals surface area contributed by atoms with Crippen LogP contribution in [0.25, 0.3) is 0 Å². The summed E-state index contributed by atoms with van der Waals surface area (Å²) in [5.74, 6) is 0. The second-order valence-corrected chi connectivity index (χ2v) is 5.28. The summed E-state index contributed by atoms with van der Waals surface area (Å²) in [6, 6.07) is 6.92. The first-order chi connectivity index (χ1) is 8.29. The van der Waals surface area contributed by atoms with Crippen LogP contribution in [0.3, 0.4) is 0 Å². The van der Waals surface area contributed by atoms with E-state index in [9.17, 15) is 0 Å². The Hall–Kier alpha value is -0.820. The highest BCUT2D eigenvalue weighted by Gasteiger charge is 2.10. The minimum Gasteiger partial charge on any atom is -0.303 e. The molecule has 1 heterocycles. The van der Waals surface area contributed by atoms with Gasteiger partial charge in [0.1, 0.15) is 0 Å². The van der Waals surface area contributed by atoms with Gasteiger partial charge in [0.15, 0.2) is 0 Å². The normalized spacial score (nSPS) is 16.6. The van der Waals surface area contributed by atoms with E-state index in [-0.39, 0.29) is 0 Å². The van der Waals surface area contributed by atoms with Crippen molar-refractivity contribution in [3.63, 3.8) is 0 Å². The molecule has 1 aliphatic heterocycles. The van der Waals surface area contributed by atoms with Crippen molar-refractivity contribution in [2.75, 3.05) is 19.6 Å². The monoisotopic (exact) mass is 231 g/mol. The third-order valence-electron chi connectivity index (χ3n) is 3.86. The molecular weight excluding hydrogens is 206 g/mol. The average molecular weight is 231 g/mol. The molecule has 1 aromatic rings. The van der Waals surface area contributed by atoms with Gasteiger partial charge in [-0.15, -0.1) is 0 Å². The smallest absolute Gasteiger partial charge is 0.00156 e. The maximum absolute atomic E-state index is 2.61. The van der Waals surface area contributed by atoms with Gasteiger partial charge in [0.25, 0.3) is 0 Å². The fourth-order valence-corrected chi connectivity index (χ4v) is 2.83. The van der Waals surface area contributed by atoms with Gasteiger partial charge < -0.3 is 4.90 Å². The summed E-state index contributed by atoms with van der Waals surface area (Å²) in [5.41, 5.74) is 4.52. The summed E-state index contributed by atoms with van der Waals surface area (Å²) in [6.45, 7) is 8.40. The van der Waals surface area contributed by atoms with Gasteiger partial charge in [0.05, 0.1) is 0 Å². The van der Waals surface area contributed by atoms with E-state index in [4.69, 9.17) is 0 Å². The predicted molar refractivity (Wildman–Crippen MR) is 74.6 cm³/mol. The molecule has 0 bridgehead atoms. The molecule has 1 aromatic carbocycles. The number of benzene rings is 1. The topological polar surface area (TPSA) is 3.24 Å². The van der Waals surface area contributed by atoms with Crippen LogP contribution in [0.5, 0.6) is 0 Å². The van der Waals surface area contributed by atoms with E-state index in [0.717, 1.165) is 0 Å². The fraction of sp³-hybridized carbons (Fsp3) is 0.625. The summed E-state index contributed by atoms with van der Waals surface area (Å²) in [7, 11) is 0. The van der Waals surface area contributed by atoms with E-state index in [0.29, 0.717) is 0 Å². The molecule has 0 spiro atoms. The van der Waals surface area contributed by atoms with Gasteiger partial charge >= 0.3 is 0 Å². The molecule has 0 aromatic heterocycles. The molecule has 0 aliphatic carbocycles. The van der Waals surface area contributed by atoms with Crippen LogP contribution in [0.15, 0.2) is 18.2 Å². The molecule has 1 heteroatoms. The van der Waals surface area contributed by atoms with Crippen LogP contribution in [-0.4, -0.2) is 24.5 Å². The highest BCUT2D eigenvalue weighted by atomic mass is 15.1. The van der Waals surface area contributed by atoms with Crippen molar-refractivity contribution in [3.05, 3.63) is 34.9 Å². The Balaban J connectivity index is 1.86. The van der Waals surface area contributed by atoms with Gasteiger partial charge in [-0.2, -0.15) is 0 Å². The van der Waals surface area contributed by atoms with E-state index >= 15 is 0 Å². The Morgan fingerprint density at radius 1 is 1.12 bits per heavy atom. The van der Waals surface area contributed by atoms with Crippen LogP contribution in [0.2, 0.25) is 0 Å². The summed E-state index contributed by atoms with van der Waals surface area (Å²) in [4.78, 5) is 2.61. The van der Waals surface area contributed by atoms with Crippen molar-refractivity contribution in [2.45, 2.75) is 46.0 Å². The standard InChI is InChI=1S/C16H25N/c1-3-15-9-8-14(2)13-16(15)7-6-12-17-10-4-5-11-17/h8-9,13H,3-7,10-12H2,1-2H3. The third-order valence-corrected chi connectivity index (χ3v) is 3.86. The minimum absolute atomic E-state index is 1.17. The van der Waals surface area contributed by atoms with Crippen molar-refractivity contribution >= 4 is 0 Å². The number of aryl methyl sites for hydroxylation is 3. The van der Waals surface area contributed by atoms with Crippen molar-refractivity contribution in [1.29, 1.82) is 0 Å². The quantitative estimate of drug-likeness (QED) is 0.748. The number of hydrogen-bond acceptors (Lipinski definition) is 1. The van der Waals surface area contributed by atoms with Gasteiger partial charge in [-0.1, -0.05) is 30.7 Å². The Morgan fingerprint density at radius 2 is 1.88 bits per heavy atom. The van der Waals surface area contributed by atoms with Gasteiger partial charge in [-0.25, -0.2) is 0 Å². The Morgan fingerprint density at radius 3 is 2.59 bits per heavy atom. The van der Waals surface area contributed by atoms with Gasteiger partial charge in [-0.3, -0.25) is 0 Å². The SMILES string of the molecule is CCc1ccc(C)cc1CCCN1CCCC1. The highest BCUT2D eigenvalue weighted by Crippen LogP contribution is 2.15. The van der Waals surface area contributed by atoms with Crippen LogP contribution in [0, 0.1) is 6.92 Å². The van der Waals surface area contributed by atoms with Gasteiger partial charge in [-0.05, 0) is 69.8 Å². The molecule has 0 unspecified atom stereocenters. The lowest BCUT2D eigenvalue weighted by Crippen LogP contribution is -2.20.